The fraction of sp³-hybridized carbons (Fsp3) is 0.579. The number of carbonyl (C=O) groups is 2. The molecule has 2 aliphatic carbocycles. The van der Waals surface area contributed by atoms with Crippen molar-refractivity contribution in [3.63, 3.8) is 0 Å². The molecule has 0 aromatic carbocycles. The largest absolute Gasteiger partial charge is 0.472 e. The van der Waals surface area contributed by atoms with Gasteiger partial charge >= 0.3 is 11.9 Å². The second kappa shape index (κ2) is 4.97. The maximum absolute atomic E-state index is 13.1. The van der Waals surface area contributed by atoms with Gasteiger partial charge in [-0.1, -0.05) is 6.92 Å². The van der Waals surface area contributed by atoms with E-state index in [4.69, 9.17) is 13.9 Å². The van der Waals surface area contributed by atoms with Gasteiger partial charge in [-0.25, -0.2) is 4.79 Å². The summed E-state index contributed by atoms with van der Waals surface area (Å²) in [5.74, 6) is -0.676. The SMILES string of the molecule is C[C@@H]1CC2OC(=O)C3=C2C(CCC3O)[C@@]12C[C@@H](c1ccoc1)OC2=O. The molecule has 1 aromatic rings. The van der Waals surface area contributed by atoms with Gasteiger partial charge in [0.15, 0.2) is 0 Å². The molecular formula is C19H20O6. The molecule has 25 heavy (non-hydrogen) atoms. The zero-order valence-corrected chi connectivity index (χ0v) is 13.9. The summed E-state index contributed by atoms with van der Waals surface area (Å²) >= 11 is 0. The quantitative estimate of drug-likeness (QED) is 0.787. The first-order chi connectivity index (χ1) is 12.0. The van der Waals surface area contributed by atoms with E-state index in [1.165, 1.54) is 0 Å². The second-order valence-electron chi connectivity index (χ2n) is 7.74. The van der Waals surface area contributed by atoms with E-state index in [-0.39, 0.29) is 30.0 Å². The number of ether oxygens (including phenoxy) is 2. The third-order valence-corrected chi connectivity index (χ3v) is 6.70. The van der Waals surface area contributed by atoms with Crippen LogP contribution in [0, 0.1) is 17.3 Å². The van der Waals surface area contributed by atoms with Gasteiger partial charge in [-0.2, -0.15) is 0 Å². The van der Waals surface area contributed by atoms with E-state index in [1.54, 1.807) is 12.5 Å². The molecule has 5 rings (SSSR count). The standard InChI is InChI=1S/C19H20O6/c1-9-6-13-15-11(2-3-12(20)16(15)17(21)24-13)19(9)7-14(25-18(19)22)10-4-5-23-8-10/h4-5,8-9,11-14,20H,2-3,6-7H2,1H3/t9-,11?,12?,13?,14+,19-/m1/s1. The summed E-state index contributed by atoms with van der Waals surface area (Å²) in [7, 11) is 0. The number of aliphatic hydroxyl groups is 1. The summed E-state index contributed by atoms with van der Waals surface area (Å²) in [4.78, 5) is 25.3. The van der Waals surface area contributed by atoms with Gasteiger partial charge < -0.3 is 19.0 Å². The van der Waals surface area contributed by atoms with Gasteiger partial charge in [0.05, 0.1) is 29.6 Å². The van der Waals surface area contributed by atoms with Crippen molar-refractivity contribution < 1.29 is 28.6 Å². The Balaban J connectivity index is 1.61. The summed E-state index contributed by atoms with van der Waals surface area (Å²) in [6, 6.07) is 1.82. The van der Waals surface area contributed by atoms with E-state index in [0.717, 1.165) is 11.1 Å². The number of rotatable bonds is 1. The van der Waals surface area contributed by atoms with Crippen LogP contribution in [0.5, 0.6) is 0 Å². The van der Waals surface area contributed by atoms with E-state index in [0.29, 0.717) is 31.3 Å². The summed E-state index contributed by atoms with van der Waals surface area (Å²) in [6.45, 7) is 2.05. The number of carbonyl (C=O) groups excluding carboxylic acids is 2. The molecule has 1 aromatic heterocycles. The van der Waals surface area contributed by atoms with Gasteiger partial charge in [-0.05, 0) is 36.8 Å². The van der Waals surface area contributed by atoms with Crippen LogP contribution in [0.15, 0.2) is 34.2 Å². The molecule has 3 unspecified atom stereocenters. The van der Waals surface area contributed by atoms with Crippen LogP contribution in [-0.4, -0.2) is 29.3 Å². The van der Waals surface area contributed by atoms with Crippen molar-refractivity contribution in [2.45, 2.75) is 50.9 Å². The molecule has 132 valence electrons. The van der Waals surface area contributed by atoms with Gasteiger partial charge in [0.2, 0.25) is 0 Å². The second-order valence-corrected chi connectivity index (χ2v) is 7.74. The Morgan fingerprint density at radius 1 is 1.20 bits per heavy atom. The van der Waals surface area contributed by atoms with Gasteiger partial charge in [-0.15, -0.1) is 0 Å². The van der Waals surface area contributed by atoms with Gasteiger partial charge in [0.1, 0.15) is 12.2 Å². The molecule has 6 nitrogen and oxygen atoms in total. The number of fused-ring (bicyclic) bond motifs is 1. The van der Waals surface area contributed by atoms with Crippen LogP contribution in [0.1, 0.15) is 44.3 Å². The minimum absolute atomic E-state index is 0.0399. The lowest BCUT2D eigenvalue weighted by Crippen LogP contribution is -2.50. The van der Waals surface area contributed by atoms with Gasteiger partial charge in [-0.3, -0.25) is 4.79 Å². The lowest BCUT2D eigenvalue weighted by Gasteiger charge is -2.47. The number of cyclic esters (lactones) is 1. The highest BCUT2D eigenvalue weighted by Crippen LogP contribution is 2.62. The summed E-state index contributed by atoms with van der Waals surface area (Å²) in [5.41, 5.74) is 1.45. The molecule has 1 saturated carbocycles. The van der Waals surface area contributed by atoms with Crippen LogP contribution in [0.25, 0.3) is 0 Å². The smallest absolute Gasteiger partial charge is 0.337 e. The lowest BCUT2D eigenvalue weighted by molar-refractivity contribution is -0.156. The molecule has 0 amide bonds. The molecule has 1 spiro atoms. The van der Waals surface area contributed by atoms with Crippen LogP contribution in [0.3, 0.4) is 0 Å². The monoisotopic (exact) mass is 344 g/mol. The zero-order chi connectivity index (χ0) is 17.3. The highest BCUT2D eigenvalue weighted by atomic mass is 16.6. The first kappa shape index (κ1) is 15.2. The molecular weight excluding hydrogens is 324 g/mol. The van der Waals surface area contributed by atoms with Crippen LogP contribution in [0.2, 0.25) is 0 Å². The molecule has 6 atom stereocenters. The average molecular weight is 344 g/mol. The van der Waals surface area contributed by atoms with E-state index in [2.05, 4.69) is 0 Å². The first-order valence-corrected chi connectivity index (χ1v) is 8.88. The lowest BCUT2D eigenvalue weighted by atomic mass is 9.53. The Bertz CT molecular complexity index is 778. The van der Waals surface area contributed by atoms with Crippen LogP contribution >= 0.6 is 0 Å². The zero-order valence-electron chi connectivity index (χ0n) is 13.9. The Morgan fingerprint density at radius 3 is 2.80 bits per heavy atom. The Kier molecular flexibility index (Phi) is 3.02. The Hall–Kier alpha value is -2.08. The molecule has 2 aliphatic heterocycles. The van der Waals surface area contributed by atoms with Gasteiger partial charge in [0, 0.05) is 17.9 Å². The minimum atomic E-state index is -0.781. The molecule has 0 bridgehead atoms. The van der Waals surface area contributed by atoms with Crippen molar-refractivity contribution >= 4 is 11.9 Å². The highest BCUT2D eigenvalue weighted by Gasteiger charge is 2.64. The average Bonchev–Trinajstić information content (AvgIpc) is 3.27. The predicted molar refractivity (Wildman–Crippen MR) is 84.0 cm³/mol. The predicted octanol–water partition coefficient (Wildman–Crippen LogP) is 2.29. The third-order valence-electron chi connectivity index (χ3n) is 6.70. The molecule has 6 heteroatoms. The Morgan fingerprint density at radius 2 is 2.04 bits per heavy atom. The topological polar surface area (TPSA) is 86.0 Å². The molecule has 3 heterocycles. The van der Waals surface area contributed by atoms with Crippen LogP contribution in [0.4, 0.5) is 0 Å². The number of esters is 2. The first-order valence-electron chi connectivity index (χ1n) is 8.88. The number of aliphatic hydroxyl groups excluding tert-OH is 1. The van der Waals surface area contributed by atoms with E-state index < -0.39 is 17.5 Å². The normalized spacial score (nSPS) is 42.6. The van der Waals surface area contributed by atoms with Crippen LogP contribution < -0.4 is 0 Å². The molecule has 1 N–H and O–H groups in total. The summed E-state index contributed by atoms with van der Waals surface area (Å²) in [5, 5.41) is 10.3. The summed E-state index contributed by atoms with van der Waals surface area (Å²) < 4.78 is 16.4. The Labute approximate surface area is 144 Å². The molecule has 2 fully saturated rings. The van der Waals surface area contributed by atoms with Crippen molar-refractivity contribution in [1.29, 1.82) is 0 Å². The maximum Gasteiger partial charge on any atom is 0.337 e. The molecule has 4 aliphatic rings. The van der Waals surface area contributed by atoms with Gasteiger partial charge in [0.25, 0.3) is 0 Å². The fourth-order valence-electron chi connectivity index (χ4n) is 5.50. The van der Waals surface area contributed by atoms with Crippen molar-refractivity contribution in [2.75, 3.05) is 0 Å². The minimum Gasteiger partial charge on any atom is -0.472 e. The van der Waals surface area contributed by atoms with E-state index in [9.17, 15) is 14.7 Å². The van der Waals surface area contributed by atoms with Crippen molar-refractivity contribution in [1.82, 2.24) is 0 Å². The van der Waals surface area contributed by atoms with E-state index in [1.807, 2.05) is 13.0 Å². The fourth-order valence-corrected chi connectivity index (χ4v) is 5.50. The number of hydrogen-bond acceptors (Lipinski definition) is 6. The molecule has 1 saturated heterocycles. The summed E-state index contributed by atoms with van der Waals surface area (Å²) in [6.07, 6.45) is 4.11. The van der Waals surface area contributed by atoms with Crippen molar-refractivity contribution in [3.05, 3.63) is 35.3 Å². The van der Waals surface area contributed by atoms with Crippen molar-refractivity contribution in [3.8, 4) is 0 Å². The number of furan rings is 1. The van der Waals surface area contributed by atoms with E-state index >= 15 is 0 Å². The third kappa shape index (κ3) is 1.83. The highest BCUT2D eigenvalue weighted by molar-refractivity contribution is 5.95. The van der Waals surface area contributed by atoms with Crippen LogP contribution in [-0.2, 0) is 19.1 Å². The van der Waals surface area contributed by atoms with Crippen molar-refractivity contribution in [2.24, 2.45) is 17.3 Å². The number of hydrogen-bond donors (Lipinski definition) is 1. The molecule has 0 radical (unpaired) electrons. The maximum atomic E-state index is 13.1.